The first-order valence-electron chi connectivity index (χ1n) is 8.37. The average Bonchev–Trinajstić information content (AvgIpc) is 2.69. The van der Waals surface area contributed by atoms with Gasteiger partial charge in [0.05, 0.1) is 5.92 Å². The summed E-state index contributed by atoms with van der Waals surface area (Å²) >= 11 is 0. The Labute approximate surface area is 126 Å². The van der Waals surface area contributed by atoms with Crippen molar-refractivity contribution in [2.75, 3.05) is 6.54 Å². The first-order valence-corrected chi connectivity index (χ1v) is 8.37. The van der Waals surface area contributed by atoms with Crippen LogP contribution in [0, 0.1) is 5.92 Å². The quantitative estimate of drug-likeness (QED) is 0.779. The summed E-state index contributed by atoms with van der Waals surface area (Å²) in [6, 6.07) is 0.0693. The summed E-state index contributed by atoms with van der Waals surface area (Å²) in [6.07, 6.45) is 8.95. The van der Waals surface area contributed by atoms with Crippen LogP contribution in [0.3, 0.4) is 0 Å². The van der Waals surface area contributed by atoms with E-state index in [4.69, 9.17) is 10.8 Å². The third-order valence-electron chi connectivity index (χ3n) is 4.99. The number of likely N-dealkylation sites (tertiary alicyclic amines) is 1. The van der Waals surface area contributed by atoms with E-state index in [0.29, 0.717) is 6.42 Å². The van der Waals surface area contributed by atoms with Crippen LogP contribution in [0.4, 0.5) is 0 Å². The van der Waals surface area contributed by atoms with E-state index in [1.807, 2.05) is 4.90 Å². The van der Waals surface area contributed by atoms with Gasteiger partial charge in [-0.1, -0.05) is 19.3 Å². The minimum Gasteiger partial charge on any atom is -0.481 e. The number of carboxylic acid groups (broad SMARTS) is 1. The van der Waals surface area contributed by atoms with Gasteiger partial charge in [-0.05, 0) is 38.5 Å². The molecule has 3 unspecified atom stereocenters. The summed E-state index contributed by atoms with van der Waals surface area (Å²) in [5.41, 5.74) is 6.21. The van der Waals surface area contributed by atoms with Crippen LogP contribution in [-0.4, -0.2) is 40.5 Å². The van der Waals surface area contributed by atoms with Crippen LogP contribution in [-0.2, 0) is 9.59 Å². The van der Waals surface area contributed by atoms with E-state index in [9.17, 15) is 9.59 Å². The molecular formula is C16H28N2O3. The van der Waals surface area contributed by atoms with Crippen molar-refractivity contribution in [3.05, 3.63) is 0 Å². The number of amides is 1. The molecule has 21 heavy (non-hydrogen) atoms. The Bertz CT molecular complexity index is 373. The van der Waals surface area contributed by atoms with Gasteiger partial charge >= 0.3 is 5.97 Å². The molecule has 120 valence electrons. The molecule has 1 saturated heterocycles. The highest BCUT2D eigenvalue weighted by Gasteiger charge is 2.34. The van der Waals surface area contributed by atoms with Crippen molar-refractivity contribution >= 4 is 11.9 Å². The van der Waals surface area contributed by atoms with E-state index in [0.717, 1.165) is 51.5 Å². The number of hydrogen-bond acceptors (Lipinski definition) is 3. The number of hydrogen-bond donors (Lipinski definition) is 2. The molecule has 0 aromatic heterocycles. The lowest BCUT2D eigenvalue weighted by Gasteiger charge is -2.38. The lowest BCUT2D eigenvalue weighted by Crippen LogP contribution is -2.50. The van der Waals surface area contributed by atoms with Gasteiger partial charge in [-0.25, -0.2) is 0 Å². The standard InChI is InChI=1S/C16H28N2O3/c17-14-8-3-1-2-7-13(14)16(21)18-11-5-4-6-12(18)9-10-15(19)20/h12-14H,1-11,17H2,(H,19,20). The second kappa shape index (κ2) is 7.78. The predicted octanol–water partition coefficient (Wildman–Crippen LogP) is 2.14. The second-order valence-corrected chi connectivity index (χ2v) is 6.52. The molecule has 0 aromatic rings. The Morgan fingerprint density at radius 1 is 1.05 bits per heavy atom. The minimum atomic E-state index is -0.779. The summed E-state index contributed by atoms with van der Waals surface area (Å²) < 4.78 is 0. The molecular weight excluding hydrogens is 268 g/mol. The maximum atomic E-state index is 12.9. The van der Waals surface area contributed by atoms with E-state index >= 15 is 0 Å². The second-order valence-electron chi connectivity index (χ2n) is 6.52. The zero-order chi connectivity index (χ0) is 15.2. The molecule has 5 nitrogen and oxygen atoms in total. The SMILES string of the molecule is NC1CCCCCC1C(=O)N1CCCCC1CCC(=O)O. The lowest BCUT2D eigenvalue weighted by molar-refractivity contribution is -0.143. The zero-order valence-electron chi connectivity index (χ0n) is 12.8. The number of nitrogens with two attached hydrogens (primary N) is 1. The van der Waals surface area contributed by atoms with E-state index < -0.39 is 5.97 Å². The Hall–Kier alpha value is -1.10. The first kappa shape index (κ1) is 16.3. The summed E-state index contributed by atoms with van der Waals surface area (Å²) in [5.74, 6) is -0.656. The third-order valence-corrected chi connectivity index (χ3v) is 4.99. The molecule has 1 aliphatic carbocycles. The van der Waals surface area contributed by atoms with Gasteiger partial charge in [0.25, 0.3) is 0 Å². The van der Waals surface area contributed by atoms with Crippen LogP contribution in [0.2, 0.25) is 0 Å². The molecule has 3 N–H and O–H groups in total. The number of piperidine rings is 1. The molecule has 2 aliphatic rings. The Morgan fingerprint density at radius 2 is 1.76 bits per heavy atom. The lowest BCUT2D eigenvalue weighted by atomic mass is 9.90. The Balaban J connectivity index is 2.01. The largest absolute Gasteiger partial charge is 0.481 e. The highest BCUT2D eigenvalue weighted by atomic mass is 16.4. The van der Waals surface area contributed by atoms with Crippen LogP contribution in [0.5, 0.6) is 0 Å². The van der Waals surface area contributed by atoms with Crippen LogP contribution >= 0.6 is 0 Å². The topological polar surface area (TPSA) is 83.6 Å². The fraction of sp³-hybridized carbons (Fsp3) is 0.875. The highest BCUT2D eigenvalue weighted by Crippen LogP contribution is 2.28. The van der Waals surface area contributed by atoms with Crippen molar-refractivity contribution in [3.8, 4) is 0 Å². The van der Waals surface area contributed by atoms with Gasteiger partial charge in [-0.2, -0.15) is 0 Å². The van der Waals surface area contributed by atoms with Gasteiger partial charge in [-0.15, -0.1) is 0 Å². The summed E-state index contributed by atoms with van der Waals surface area (Å²) in [6.45, 7) is 0.770. The molecule has 0 aromatic carbocycles. The first-order chi connectivity index (χ1) is 10.1. The fourth-order valence-corrected chi connectivity index (χ4v) is 3.74. The van der Waals surface area contributed by atoms with E-state index in [2.05, 4.69) is 0 Å². The van der Waals surface area contributed by atoms with Gasteiger partial charge in [0.1, 0.15) is 0 Å². The number of rotatable bonds is 4. The van der Waals surface area contributed by atoms with Crippen molar-refractivity contribution in [1.82, 2.24) is 4.90 Å². The van der Waals surface area contributed by atoms with Gasteiger partial charge < -0.3 is 15.7 Å². The third kappa shape index (κ3) is 4.43. The Morgan fingerprint density at radius 3 is 2.52 bits per heavy atom. The van der Waals surface area contributed by atoms with Crippen molar-refractivity contribution in [2.45, 2.75) is 76.3 Å². The average molecular weight is 296 g/mol. The summed E-state index contributed by atoms with van der Waals surface area (Å²) in [5, 5.41) is 8.87. The maximum absolute atomic E-state index is 12.9. The molecule has 5 heteroatoms. The fourth-order valence-electron chi connectivity index (χ4n) is 3.74. The predicted molar refractivity (Wildman–Crippen MR) is 80.8 cm³/mol. The van der Waals surface area contributed by atoms with Crippen molar-refractivity contribution in [2.24, 2.45) is 11.7 Å². The molecule has 0 spiro atoms. The number of aliphatic carboxylic acids is 1. The highest BCUT2D eigenvalue weighted by molar-refractivity contribution is 5.80. The van der Waals surface area contributed by atoms with Crippen molar-refractivity contribution in [1.29, 1.82) is 0 Å². The number of carboxylic acids is 1. The van der Waals surface area contributed by atoms with Crippen molar-refractivity contribution < 1.29 is 14.7 Å². The van der Waals surface area contributed by atoms with Crippen molar-refractivity contribution in [3.63, 3.8) is 0 Å². The van der Waals surface area contributed by atoms with Gasteiger partial charge in [0.2, 0.25) is 5.91 Å². The normalized spacial score (nSPS) is 30.7. The van der Waals surface area contributed by atoms with Crippen LogP contribution in [0.1, 0.15) is 64.2 Å². The molecule has 1 saturated carbocycles. The zero-order valence-corrected chi connectivity index (χ0v) is 12.8. The maximum Gasteiger partial charge on any atom is 0.303 e. The molecule has 1 aliphatic heterocycles. The smallest absolute Gasteiger partial charge is 0.303 e. The Kier molecular flexibility index (Phi) is 6.03. The number of carbonyl (C=O) groups excluding carboxylic acids is 1. The van der Waals surface area contributed by atoms with E-state index in [1.54, 1.807) is 0 Å². The van der Waals surface area contributed by atoms with Gasteiger partial charge in [-0.3, -0.25) is 9.59 Å². The van der Waals surface area contributed by atoms with Gasteiger partial charge in [0.15, 0.2) is 0 Å². The molecule has 1 amide bonds. The van der Waals surface area contributed by atoms with Crippen LogP contribution in [0.15, 0.2) is 0 Å². The summed E-state index contributed by atoms with van der Waals surface area (Å²) in [4.78, 5) is 25.6. The molecule has 0 bridgehead atoms. The molecule has 2 rings (SSSR count). The van der Waals surface area contributed by atoms with E-state index in [1.165, 1.54) is 6.42 Å². The van der Waals surface area contributed by atoms with E-state index in [-0.39, 0.29) is 30.3 Å². The molecule has 0 radical (unpaired) electrons. The number of nitrogens with zero attached hydrogens (tertiary/aromatic N) is 1. The monoisotopic (exact) mass is 296 g/mol. The summed E-state index contributed by atoms with van der Waals surface area (Å²) in [7, 11) is 0. The van der Waals surface area contributed by atoms with Gasteiger partial charge in [0, 0.05) is 25.0 Å². The van der Waals surface area contributed by atoms with Crippen LogP contribution < -0.4 is 5.73 Å². The molecule has 1 heterocycles. The molecule has 3 atom stereocenters. The van der Waals surface area contributed by atoms with Crippen LogP contribution in [0.25, 0.3) is 0 Å². The number of carbonyl (C=O) groups is 2. The molecule has 2 fully saturated rings. The minimum absolute atomic E-state index is 0.0259.